The number of carbonyl (C=O) groups is 2. The van der Waals surface area contributed by atoms with Gasteiger partial charge in [0, 0.05) is 18.8 Å². The molecule has 1 saturated heterocycles. The quantitative estimate of drug-likeness (QED) is 0.566. The van der Waals surface area contributed by atoms with E-state index in [0.717, 1.165) is 29.9 Å². The summed E-state index contributed by atoms with van der Waals surface area (Å²) < 4.78 is 0. The van der Waals surface area contributed by atoms with Crippen LogP contribution in [0.15, 0.2) is 60.7 Å². The van der Waals surface area contributed by atoms with Crippen molar-refractivity contribution >= 4 is 29.4 Å². The zero-order chi connectivity index (χ0) is 19.8. The summed E-state index contributed by atoms with van der Waals surface area (Å²) in [5.74, 6) is -0.283. The molecule has 1 aliphatic rings. The van der Waals surface area contributed by atoms with E-state index in [1.807, 2.05) is 24.3 Å². The number of hydrogen-bond acceptors (Lipinski definition) is 4. The lowest BCUT2D eigenvalue weighted by molar-refractivity contribution is -0.121. The number of phenols is 1. The zero-order valence-electron chi connectivity index (χ0n) is 15.9. The molecule has 0 unspecified atom stereocenters. The molecule has 1 fully saturated rings. The monoisotopic (exact) mass is 375 g/mol. The number of benzene rings is 2. The molecule has 2 aromatic rings. The minimum Gasteiger partial charge on any atom is -0.508 e. The lowest BCUT2D eigenvalue weighted by Gasteiger charge is -2.30. The first-order chi connectivity index (χ1) is 13.6. The minimum absolute atomic E-state index is 0.156. The Morgan fingerprint density at radius 2 is 1.50 bits per heavy atom. The summed E-state index contributed by atoms with van der Waals surface area (Å²) in [5.41, 5.74) is 2.94. The molecular weight excluding hydrogens is 350 g/mol. The van der Waals surface area contributed by atoms with Gasteiger partial charge in [0.1, 0.15) is 5.75 Å². The van der Waals surface area contributed by atoms with Crippen LogP contribution in [-0.4, -0.2) is 29.8 Å². The van der Waals surface area contributed by atoms with Crippen molar-refractivity contribution in [1.29, 1.82) is 0 Å². The third-order valence-electron chi connectivity index (χ3n) is 4.79. The summed E-state index contributed by atoms with van der Waals surface area (Å²) in [4.78, 5) is 26.6. The second-order valence-electron chi connectivity index (χ2n) is 6.97. The molecule has 1 N–H and O–H groups in total. The van der Waals surface area contributed by atoms with E-state index in [1.54, 1.807) is 30.3 Å². The predicted molar refractivity (Wildman–Crippen MR) is 113 cm³/mol. The Morgan fingerprint density at radius 3 is 2.21 bits per heavy atom. The van der Waals surface area contributed by atoms with Gasteiger partial charge in [0.05, 0.1) is 6.42 Å². The normalized spacial score (nSPS) is 14.6. The highest BCUT2D eigenvalue weighted by Gasteiger charge is 2.13. The molecule has 3 rings (SSSR count). The minimum atomic E-state index is -0.243. The van der Waals surface area contributed by atoms with E-state index in [0.29, 0.717) is 0 Å². The van der Waals surface area contributed by atoms with Crippen LogP contribution in [0.4, 0.5) is 5.69 Å². The summed E-state index contributed by atoms with van der Waals surface area (Å²) in [7, 11) is 0. The van der Waals surface area contributed by atoms with Crippen LogP contribution in [0.25, 0.3) is 12.2 Å². The molecule has 0 bridgehead atoms. The highest BCUT2D eigenvalue weighted by molar-refractivity contribution is 6.11. The van der Waals surface area contributed by atoms with Crippen molar-refractivity contribution in [2.24, 2.45) is 0 Å². The number of phenolic OH excluding ortho intramolecular Hbond substituents is 1. The fraction of sp³-hybridized carbons (Fsp3) is 0.250. The molecule has 0 amide bonds. The fourth-order valence-electron chi connectivity index (χ4n) is 3.30. The van der Waals surface area contributed by atoms with Gasteiger partial charge in [-0.15, -0.1) is 0 Å². The molecule has 0 saturated carbocycles. The third-order valence-corrected chi connectivity index (χ3v) is 4.79. The number of ketones is 2. The van der Waals surface area contributed by atoms with Gasteiger partial charge in [-0.25, -0.2) is 0 Å². The first kappa shape index (κ1) is 19.6. The molecule has 0 aliphatic carbocycles. The van der Waals surface area contributed by atoms with E-state index >= 15 is 0 Å². The van der Waals surface area contributed by atoms with Gasteiger partial charge in [-0.1, -0.05) is 36.4 Å². The first-order valence-electron chi connectivity index (χ1n) is 9.67. The standard InChI is InChI=1S/C24H25NO3/c26-21-12-8-19(9-13-21)10-14-22(27)18-23(28)15-11-20-6-2-3-7-24(20)25-16-4-1-5-17-25/h2-3,6-15,26H,1,4-5,16-18H2/b14-10+,15-11+. The van der Waals surface area contributed by atoms with Gasteiger partial charge in [0.25, 0.3) is 0 Å². The highest BCUT2D eigenvalue weighted by atomic mass is 16.3. The van der Waals surface area contributed by atoms with Crippen LogP contribution < -0.4 is 4.90 Å². The molecule has 144 valence electrons. The lowest BCUT2D eigenvalue weighted by Crippen LogP contribution is -2.29. The van der Waals surface area contributed by atoms with Crippen LogP contribution in [0, 0.1) is 0 Å². The molecule has 1 aliphatic heterocycles. The van der Waals surface area contributed by atoms with E-state index in [2.05, 4.69) is 11.0 Å². The summed E-state index contributed by atoms with van der Waals surface area (Å²) in [6.45, 7) is 2.08. The fourth-order valence-corrected chi connectivity index (χ4v) is 3.30. The van der Waals surface area contributed by atoms with Gasteiger partial charge in [-0.05, 0) is 66.8 Å². The summed E-state index contributed by atoms with van der Waals surface area (Å²) in [5, 5.41) is 9.26. The SMILES string of the molecule is O=C(/C=C/c1ccc(O)cc1)CC(=O)/C=C/c1ccccc1N1CCCCC1. The highest BCUT2D eigenvalue weighted by Crippen LogP contribution is 2.25. The molecule has 4 heteroatoms. The van der Waals surface area contributed by atoms with Gasteiger partial charge in [0.15, 0.2) is 11.6 Å². The van der Waals surface area contributed by atoms with Crippen LogP contribution in [-0.2, 0) is 9.59 Å². The number of hydrogen-bond donors (Lipinski definition) is 1. The summed E-state index contributed by atoms with van der Waals surface area (Å²) in [6.07, 6.45) is 9.85. The number of aromatic hydroxyl groups is 1. The van der Waals surface area contributed by atoms with Crippen molar-refractivity contribution in [3.05, 3.63) is 71.8 Å². The Labute approximate surface area is 165 Å². The second-order valence-corrected chi connectivity index (χ2v) is 6.97. The molecular formula is C24H25NO3. The van der Waals surface area contributed by atoms with E-state index in [1.165, 1.54) is 31.4 Å². The van der Waals surface area contributed by atoms with Crippen molar-refractivity contribution in [1.82, 2.24) is 0 Å². The van der Waals surface area contributed by atoms with Crippen LogP contribution in [0.3, 0.4) is 0 Å². The van der Waals surface area contributed by atoms with E-state index < -0.39 is 0 Å². The van der Waals surface area contributed by atoms with Crippen molar-refractivity contribution in [2.75, 3.05) is 18.0 Å². The first-order valence-corrected chi connectivity index (χ1v) is 9.67. The van der Waals surface area contributed by atoms with Crippen molar-refractivity contribution < 1.29 is 14.7 Å². The molecule has 0 spiro atoms. The molecule has 4 nitrogen and oxygen atoms in total. The van der Waals surface area contributed by atoms with Gasteiger partial charge in [0.2, 0.25) is 0 Å². The van der Waals surface area contributed by atoms with Crippen molar-refractivity contribution in [3.63, 3.8) is 0 Å². The van der Waals surface area contributed by atoms with Crippen LogP contribution in [0.2, 0.25) is 0 Å². The topological polar surface area (TPSA) is 57.6 Å². The van der Waals surface area contributed by atoms with Crippen LogP contribution in [0.1, 0.15) is 36.8 Å². The number of carbonyl (C=O) groups excluding carboxylic acids is 2. The van der Waals surface area contributed by atoms with Crippen molar-refractivity contribution in [3.8, 4) is 5.75 Å². The number of piperidine rings is 1. The Morgan fingerprint density at radius 1 is 0.857 bits per heavy atom. The Bertz CT molecular complexity index is 875. The number of nitrogens with zero attached hydrogens (tertiary/aromatic N) is 1. The van der Waals surface area contributed by atoms with Gasteiger partial charge in [-0.3, -0.25) is 9.59 Å². The van der Waals surface area contributed by atoms with Crippen molar-refractivity contribution in [2.45, 2.75) is 25.7 Å². The maximum atomic E-state index is 12.2. The zero-order valence-corrected chi connectivity index (χ0v) is 15.9. The third kappa shape index (κ3) is 5.68. The smallest absolute Gasteiger partial charge is 0.163 e. The maximum Gasteiger partial charge on any atom is 0.163 e. The average molecular weight is 375 g/mol. The molecule has 28 heavy (non-hydrogen) atoms. The Balaban J connectivity index is 1.59. The Hall–Kier alpha value is -3.14. The molecule has 0 radical (unpaired) electrons. The predicted octanol–water partition coefficient (Wildman–Crippen LogP) is 4.64. The molecule has 2 aromatic carbocycles. The number of anilines is 1. The Kier molecular flexibility index (Phi) is 6.79. The van der Waals surface area contributed by atoms with Gasteiger partial charge in [-0.2, -0.15) is 0 Å². The number of rotatable bonds is 7. The summed E-state index contributed by atoms with van der Waals surface area (Å²) >= 11 is 0. The average Bonchev–Trinajstić information content (AvgIpc) is 2.73. The molecule has 0 atom stereocenters. The molecule has 0 aromatic heterocycles. The lowest BCUT2D eigenvalue weighted by atomic mass is 10.1. The van der Waals surface area contributed by atoms with Crippen LogP contribution in [0.5, 0.6) is 5.75 Å². The van der Waals surface area contributed by atoms with Gasteiger partial charge >= 0.3 is 0 Å². The van der Waals surface area contributed by atoms with E-state index in [4.69, 9.17) is 0 Å². The van der Waals surface area contributed by atoms with Crippen LogP contribution >= 0.6 is 0 Å². The van der Waals surface area contributed by atoms with E-state index in [-0.39, 0.29) is 23.7 Å². The maximum absolute atomic E-state index is 12.2. The summed E-state index contributed by atoms with van der Waals surface area (Å²) in [6, 6.07) is 14.6. The largest absolute Gasteiger partial charge is 0.508 e. The molecule has 1 heterocycles. The second kappa shape index (κ2) is 9.70. The number of allylic oxidation sites excluding steroid dienone is 2. The number of para-hydroxylation sites is 1. The van der Waals surface area contributed by atoms with Gasteiger partial charge < -0.3 is 10.0 Å². The van der Waals surface area contributed by atoms with E-state index in [9.17, 15) is 14.7 Å².